The number of halogens is 2. The van der Waals surface area contributed by atoms with Gasteiger partial charge < -0.3 is 10.1 Å². The fourth-order valence-electron chi connectivity index (χ4n) is 2.74. The Morgan fingerprint density at radius 2 is 1.62 bits per heavy atom. The Kier molecular flexibility index (Phi) is 7.40. The predicted molar refractivity (Wildman–Crippen MR) is 124 cm³/mol. The summed E-state index contributed by atoms with van der Waals surface area (Å²) in [7, 11) is -4.03. The highest BCUT2D eigenvalue weighted by molar-refractivity contribution is 7.92. The van der Waals surface area contributed by atoms with E-state index in [-0.39, 0.29) is 32.7 Å². The Morgan fingerprint density at radius 3 is 2.28 bits per heavy atom. The lowest BCUT2D eigenvalue weighted by Gasteiger charge is -2.12. The van der Waals surface area contributed by atoms with Gasteiger partial charge in [-0.05, 0) is 55.5 Å². The van der Waals surface area contributed by atoms with Crippen LogP contribution in [0.4, 0.5) is 11.4 Å². The van der Waals surface area contributed by atoms with E-state index in [9.17, 15) is 18.0 Å². The molecule has 166 valence electrons. The van der Waals surface area contributed by atoms with E-state index in [0.29, 0.717) is 11.4 Å². The fraction of sp³-hybridized carbons (Fsp3) is 0.0909. The first kappa shape index (κ1) is 23.6. The lowest BCUT2D eigenvalue weighted by atomic mass is 10.2. The first-order valence-corrected chi connectivity index (χ1v) is 11.6. The highest BCUT2D eigenvalue weighted by Crippen LogP contribution is 2.26. The fourth-order valence-corrected chi connectivity index (χ4v) is 4.58. The maximum atomic E-state index is 12.8. The number of sulfonamides is 1. The van der Waals surface area contributed by atoms with Crippen LogP contribution >= 0.6 is 23.2 Å². The topological polar surface area (TPSA) is 102 Å². The van der Waals surface area contributed by atoms with Gasteiger partial charge in [-0.3, -0.25) is 9.52 Å². The van der Waals surface area contributed by atoms with Crippen molar-refractivity contribution in [3.63, 3.8) is 0 Å². The van der Waals surface area contributed by atoms with Gasteiger partial charge in [0, 0.05) is 16.9 Å². The van der Waals surface area contributed by atoms with Gasteiger partial charge in [-0.25, -0.2) is 13.2 Å². The molecule has 0 spiro atoms. The third kappa shape index (κ3) is 5.59. The summed E-state index contributed by atoms with van der Waals surface area (Å²) in [5, 5.41) is 2.68. The number of anilines is 2. The number of rotatable bonds is 7. The standard InChI is InChI=1S/C22H18Cl2N2O5S/c1-2-31-22(28)17-10-9-16(13-19(17)24)25-21(27)14-8-11-18(23)20(12-14)32(29,30)26-15-6-4-3-5-7-15/h3-13,26H,2H2,1H3,(H,25,27). The van der Waals surface area contributed by atoms with Crippen molar-refractivity contribution >= 4 is 56.5 Å². The van der Waals surface area contributed by atoms with Crippen LogP contribution < -0.4 is 10.0 Å². The van der Waals surface area contributed by atoms with E-state index in [1.54, 1.807) is 37.3 Å². The van der Waals surface area contributed by atoms with Crippen LogP contribution in [0.5, 0.6) is 0 Å². The minimum Gasteiger partial charge on any atom is -0.462 e. The number of para-hydroxylation sites is 1. The van der Waals surface area contributed by atoms with Crippen molar-refractivity contribution in [1.82, 2.24) is 0 Å². The van der Waals surface area contributed by atoms with Crippen LogP contribution in [0.3, 0.4) is 0 Å². The van der Waals surface area contributed by atoms with Gasteiger partial charge in [-0.1, -0.05) is 41.4 Å². The normalized spacial score (nSPS) is 11.0. The second-order valence-corrected chi connectivity index (χ2v) is 8.95. The van der Waals surface area contributed by atoms with E-state index >= 15 is 0 Å². The van der Waals surface area contributed by atoms with E-state index in [1.807, 2.05) is 0 Å². The van der Waals surface area contributed by atoms with Crippen molar-refractivity contribution in [3.8, 4) is 0 Å². The van der Waals surface area contributed by atoms with E-state index in [2.05, 4.69) is 10.0 Å². The summed E-state index contributed by atoms with van der Waals surface area (Å²) in [6, 6.07) is 16.5. The van der Waals surface area contributed by atoms with Gasteiger partial charge in [0.25, 0.3) is 15.9 Å². The minimum atomic E-state index is -4.03. The Balaban J connectivity index is 1.82. The molecule has 1 amide bonds. The lowest BCUT2D eigenvalue weighted by molar-refractivity contribution is 0.0526. The number of esters is 1. The molecule has 3 aromatic rings. The van der Waals surface area contributed by atoms with Gasteiger partial charge in [0.15, 0.2) is 0 Å². The number of carbonyl (C=O) groups excluding carboxylic acids is 2. The average Bonchev–Trinajstić information content (AvgIpc) is 2.74. The van der Waals surface area contributed by atoms with Gasteiger partial charge in [-0.15, -0.1) is 0 Å². The first-order valence-electron chi connectivity index (χ1n) is 9.36. The number of ether oxygens (including phenoxy) is 1. The molecule has 0 aromatic heterocycles. The number of carbonyl (C=O) groups is 2. The van der Waals surface area contributed by atoms with Gasteiger partial charge in [0.1, 0.15) is 4.90 Å². The van der Waals surface area contributed by atoms with Crippen molar-refractivity contribution in [2.75, 3.05) is 16.6 Å². The number of nitrogens with one attached hydrogen (secondary N) is 2. The SMILES string of the molecule is CCOC(=O)c1ccc(NC(=O)c2ccc(Cl)c(S(=O)(=O)Nc3ccccc3)c2)cc1Cl. The molecular weight excluding hydrogens is 475 g/mol. The van der Waals surface area contributed by atoms with Crippen LogP contribution in [-0.4, -0.2) is 26.9 Å². The van der Waals surface area contributed by atoms with Crippen molar-refractivity contribution in [1.29, 1.82) is 0 Å². The first-order chi connectivity index (χ1) is 15.2. The molecule has 32 heavy (non-hydrogen) atoms. The average molecular weight is 493 g/mol. The number of benzene rings is 3. The van der Waals surface area contributed by atoms with Gasteiger partial charge in [0.05, 0.1) is 22.2 Å². The largest absolute Gasteiger partial charge is 0.462 e. The van der Waals surface area contributed by atoms with Gasteiger partial charge >= 0.3 is 5.97 Å². The van der Waals surface area contributed by atoms with Crippen LogP contribution in [0.15, 0.2) is 71.6 Å². The highest BCUT2D eigenvalue weighted by atomic mass is 35.5. The van der Waals surface area contributed by atoms with Crippen LogP contribution in [0.25, 0.3) is 0 Å². The van der Waals surface area contributed by atoms with E-state index < -0.39 is 21.9 Å². The maximum Gasteiger partial charge on any atom is 0.339 e. The Morgan fingerprint density at radius 1 is 0.906 bits per heavy atom. The summed E-state index contributed by atoms with van der Waals surface area (Å²) in [4.78, 5) is 24.3. The van der Waals surface area contributed by atoms with E-state index in [0.717, 1.165) is 0 Å². The van der Waals surface area contributed by atoms with E-state index in [4.69, 9.17) is 27.9 Å². The number of hydrogen-bond acceptors (Lipinski definition) is 5. The zero-order valence-electron chi connectivity index (χ0n) is 16.8. The number of hydrogen-bond donors (Lipinski definition) is 2. The van der Waals surface area contributed by atoms with Crippen LogP contribution in [-0.2, 0) is 14.8 Å². The maximum absolute atomic E-state index is 12.8. The molecule has 0 aliphatic rings. The monoisotopic (exact) mass is 492 g/mol. The molecule has 0 saturated carbocycles. The van der Waals surface area contributed by atoms with Gasteiger partial charge in [0.2, 0.25) is 0 Å². The van der Waals surface area contributed by atoms with Crippen molar-refractivity contribution in [2.24, 2.45) is 0 Å². The van der Waals surface area contributed by atoms with E-state index in [1.165, 1.54) is 36.4 Å². The summed E-state index contributed by atoms with van der Waals surface area (Å²) in [6.45, 7) is 1.88. The Labute approximate surface area is 195 Å². The second-order valence-electron chi connectivity index (χ2n) is 6.49. The predicted octanol–water partition coefficient (Wildman–Crippen LogP) is 5.22. The highest BCUT2D eigenvalue weighted by Gasteiger charge is 2.21. The third-order valence-electron chi connectivity index (χ3n) is 4.23. The smallest absolute Gasteiger partial charge is 0.339 e. The summed E-state index contributed by atoms with van der Waals surface area (Å²) < 4.78 is 32.9. The molecule has 0 fully saturated rings. The summed E-state index contributed by atoms with van der Waals surface area (Å²) in [6.07, 6.45) is 0. The Bertz CT molecular complexity index is 1260. The van der Waals surface area contributed by atoms with Crippen molar-refractivity contribution < 1.29 is 22.7 Å². The molecule has 0 heterocycles. The quantitative estimate of drug-likeness (QED) is 0.440. The molecular formula is C22H18Cl2N2O5S. The molecule has 3 rings (SSSR count). The molecule has 0 unspecified atom stereocenters. The molecule has 10 heteroatoms. The number of amides is 1. The molecule has 0 bridgehead atoms. The van der Waals surface area contributed by atoms with Gasteiger partial charge in [-0.2, -0.15) is 0 Å². The minimum absolute atomic E-state index is 0.0354. The van der Waals surface area contributed by atoms with Crippen LogP contribution in [0.1, 0.15) is 27.6 Å². The summed E-state index contributed by atoms with van der Waals surface area (Å²) >= 11 is 12.2. The molecule has 0 saturated heterocycles. The zero-order chi connectivity index (χ0) is 23.3. The molecule has 7 nitrogen and oxygen atoms in total. The molecule has 0 aliphatic heterocycles. The van der Waals surface area contributed by atoms with Crippen molar-refractivity contribution in [3.05, 3.63) is 87.9 Å². The summed E-state index contributed by atoms with van der Waals surface area (Å²) in [5.41, 5.74) is 0.899. The molecule has 3 aromatic carbocycles. The summed E-state index contributed by atoms with van der Waals surface area (Å²) in [5.74, 6) is -1.16. The second kappa shape index (κ2) is 10.0. The van der Waals surface area contributed by atoms with Crippen LogP contribution in [0, 0.1) is 0 Å². The zero-order valence-corrected chi connectivity index (χ0v) is 19.1. The molecule has 2 N–H and O–H groups in total. The van der Waals surface area contributed by atoms with Crippen LogP contribution in [0.2, 0.25) is 10.0 Å². The third-order valence-corrected chi connectivity index (χ3v) is 6.41. The lowest BCUT2D eigenvalue weighted by Crippen LogP contribution is -2.16. The molecule has 0 atom stereocenters. The Hall–Kier alpha value is -3.07. The molecule has 0 radical (unpaired) electrons. The molecule has 0 aliphatic carbocycles. The van der Waals surface area contributed by atoms with Crippen molar-refractivity contribution in [2.45, 2.75) is 11.8 Å².